The van der Waals surface area contributed by atoms with Crippen LogP contribution < -0.4 is 5.32 Å². The maximum atomic E-state index is 11.9. The number of carbonyl (C=O) groups excluding carboxylic acids is 2. The van der Waals surface area contributed by atoms with Gasteiger partial charge in [0, 0.05) is 4.47 Å². The number of ether oxygens (including phenoxy) is 1. The number of aryl methyl sites for hydroxylation is 1. The molecule has 6 heteroatoms. The molecule has 0 spiro atoms. The number of thiophene rings is 1. The fourth-order valence-electron chi connectivity index (χ4n) is 1.97. The molecule has 0 saturated heterocycles. The summed E-state index contributed by atoms with van der Waals surface area (Å²) in [6.07, 6.45) is 0. The Bertz CT molecular complexity index is 684. The maximum absolute atomic E-state index is 11.9. The first-order valence-electron chi connectivity index (χ1n) is 6.74. The molecule has 0 aliphatic rings. The van der Waals surface area contributed by atoms with E-state index in [1.54, 1.807) is 0 Å². The molecule has 0 aliphatic heterocycles. The quantitative estimate of drug-likeness (QED) is 0.800. The molecular weight excluding hydrogens is 366 g/mol. The molecule has 0 unspecified atom stereocenters. The molecule has 0 bridgehead atoms. The predicted molar refractivity (Wildman–Crippen MR) is 90.0 cm³/mol. The highest BCUT2D eigenvalue weighted by atomic mass is 79.9. The maximum Gasteiger partial charge on any atom is 0.349 e. The molecule has 116 valence electrons. The van der Waals surface area contributed by atoms with E-state index >= 15 is 0 Å². The zero-order valence-corrected chi connectivity index (χ0v) is 14.7. The first kappa shape index (κ1) is 16.7. The lowest BCUT2D eigenvalue weighted by molar-refractivity contribution is -0.124. The standard InChI is InChI=1S/C16H16BrNO3S/c1-10-7-8-22-15(10)16(20)21-9-14(19)18-11(2)12-5-3-4-6-13(12)17/h3-8,11H,9H2,1-2H3,(H,18,19)/t11-/m1/s1. The monoisotopic (exact) mass is 381 g/mol. The van der Waals surface area contributed by atoms with Gasteiger partial charge >= 0.3 is 5.97 Å². The number of hydrogen-bond donors (Lipinski definition) is 1. The van der Waals surface area contributed by atoms with Crippen molar-refractivity contribution in [2.45, 2.75) is 19.9 Å². The largest absolute Gasteiger partial charge is 0.451 e. The summed E-state index contributed by atoms with van der Waals surface area (Å²) in [7, 11) is 0. The number of hydrogen-bond acceptors (Lipinski definition) is 4. The second kappa shape index (κ2) is 7.56. The van der Waals surface area contributed by atoms with Crippen LogP contribution in [0.15, 0.2) is 40.2 Å². The third-order valence-corrected chi connectivity index (χ3v) is 4.85. The minimum absolute atomic E-state index is 0.176. The lowest BCUT2D eigenvalue weighted by Gasteiger charge is -2.15. The minimum atomic E-state index is -0.462. The van der Waals surface area contributed by atoms with Gasteiger partial charge in [-0.3, -0.25) is 4.79 Å². The molecule has 1 heterocycles. The Labute approximate surface area is 141 Å². The van der Waals surface area contributed by atoms with Gasteiger partial charge in [-0.25, -0.2) is 4.79 Å². The second-order valence-electron chi connectivity index (χ2n) is 4.82. The Morgan fingerprint density at radius 1 is 1.32 bits per heavy atom. The summed E-state index contributed by atoms with van der Waals surface area (Å²) < 4.78 is 5.97. The molecule has 1 N–H and O–H groups in total. The van der Waals surface area contributed by atoms with Crippen molar-refractivity contribution < 1.29 is 14.3 Å². The average molecular weight is 382 g/mol. The zero-order valence-electron chi connectivity index (χ0n) is 12.3. The van der Waals surface area contributed by atoms with E-state index in [0.717, 1.165) is 15.6 Å². The van der Waals surface area contributed by atoms with Gasteiger partial charge < -0.3 is 10.1 Å². The number of halogens is 1. The topological polar surface area (TPSA) is 55.4 Å². The van der Waals surface area contributed by atoms with Gasteiger partial charge in [-0.1, -0.05) is 34.1 Å². The van der Waals surface area contributed by atoms with Crippen molar-refractivity contribution in [2.75, 3.05) is 6.61 Å². The zero-order chi connectivity index (χ0) is 16.1. The molecule has 1 amide bonds. The third kappa shape index (κ3) is 4.18. The van der Waals surface area contributed by atoms with Crippen molar-refractivity contribution in [1.82, 2.24) is 5.32 Å². The van der Waals surface area contributed by atoms with Gasteiger partial charge in [-0.2, -0.15) is 0 Å². The molecule has 1 atom stereocenters. The van der Waals surface area contributed by atoms with Crippen molar-refractivity contribution in [3.05, 3.63) is 56.2 Å². The number of benzene rings is 1. The van der Waals surface area contributed by atoms with Gasteiger partial charge in [0.25, 0.3) is 5.91 Å². The molecule has 22 heavy (non-hydrogen) atoms. The van der Waals surface area contributed by atoms with Crippen molar-refractivity contribution in [3.8, 4) is 0 Å². The summed E-state index contributed by atoms with van der Waals surface area (Å²) in [6.45, 7) is 3.43. The molecule has 0 aliphatic carbocycles. The smallest absolute Gasteiger partial charge is 0.349 e. The molecular formula is C16H16BrNO3S. The van der Waals surface area contributed by atoms with E-state index in [0.29, 0.717) is 4.88 Å². The number of amides is 1. The van der Waals surface area contributed by atoms with Crippen molar-refractivity contribution in [1.29, 1.82) is 0 Å². The molecule has 1 aromatic carbocycles. The number of carbonyl (C=O) groups is 2. The van der Waals surface area contributed by atoms with Gasteiger partial charge in [0.05, 0.1) is 6.04 Å². The lowest BCUT2D eigenvalue weighted by Crippen LogP contribution is -2.31. The van der Waals surface area contributed by atoms with Gasteiger partial charge in [0.2, 0.25) is 0 Å². The van der Waals surface area contributed by atoms with Crippen LogP contribution in [-0.2, 0) is 9.53 Å². The molecule has 4 nitrogen and oxygen atoms in total. The highest BCUT2D eigenvalue weighted by Gasteiger charge is 2.16. The highest BCUT2D eigenvalue weighted by molar-refractivity contribution is 9.10. The van der Waals surface area contributed by atoms with Gasteiger partial charge in [-0.15, -0.1) is 11.3 Å². The number of rotatable bonds is 5. The van der Waals surface area contributed by atoms with Crippen LogP contribution in [0.1, 0.15) is 33.8 Å². The Morgan fingerprint density at radius 2 is 2.05 bits per heavy atom. The summed E-state index contributed by atoms with van der Waals surface area (Å²) in [5, 5.41) is 4.63. The number of esters is 1. The summed E-state index contributed by atoms with van der Waals surface area (Å²) in [4.78, 5) is 24.3. The summed E-state index contributed by atoms with van der Waals surface area (Å²) in [6, 6.07) is 9.32. The van der Waals surface area contributed by atoms with Crippen LogP contribution in [0.4, 0.5) is 0 Å². The SMILES string of the molecule is Cc1ccsc1C(=O)OCC(=O)N[C@H](C)c1ccccc1Br. The molecule has 0 fully saturated rings. The van der Waals surface area contributed by atoms with E-state index < -0.39 is 5.97 Å². The lowest BCUT2D eigenvalue weighted by atomic mass is 10.1. The van der Waals surface area contributed by atoms with E-state index in [-0.39, 0.29) is 18.6 Å². The van der Waals surface area contributed by atoms with Crippen molar-refractivity contribution in [3.63, 3.8) is 0 Å². The van der Waals surface area contributed by atoms with Crippen LogP contribution in [0.3, 0.4) is 0 Å². The molecule has 2 aromatic rings. The van der Waals surface area contributed by atoms with E-state index in [4.69, 9.17) is 4.74 Å². The van der Waals surface area contributed by atoms with E-state index in [9.17, 15) is 9.59 Å². The molecule has 0 saturated carbocycles. The van der Waals surface area contributed by atoms with Crippen molar-refractivity contribution >= 4 is 39.1 Å². The number of nitrogens with one attached hydrogen (secondary N) is 1. The molecule has 0 radical (unpaired) electrons. The average Bonchev–Trinajstić information content (AvgIpc) is 2.91. The van der Waals surface area contributed by atoms with E-state index in [1.807, 2.05) is 49.6 Å². The minimum Gasteiger partial charge on any atom is -0.451 e. The van der Waals surface area contributed by atoms with Crippen LogP contribution in [0.5, 0.6) is 0 Å². The van der Waals surface area contributed by atoms with Gasteiger partial charge in [0.15, 0.2) is 6.61 Å². The van der Waals surface area contributed by atoms with Crippen molar-refractivity contribution in [2.24, 2.45) is 0 Å². The van der Waals surface area contributed by atoms with Crippen LogP contribution in [0.2, 0.25) is 0 Å². The van der Waals surface area contributed by atoms with Crippen LogP contribution in [0, 0.1) is 6.92 Å². The fourth-order valence-corrected chi connectivity index (χ4v) is 3.41. The summed E-state index contributed by atoms with van der Waals surface area (Å²) in [5.74, 6) is -0.790. The van der Waals surface area contributed by atoms with Crippen LogP contribution in [-0.4, -0.2) is 18.5 Å². The van der Waals surface area contributed by atoms with E-state index in [2.05, 4.69) is 21.2 Å². The Kier molecular flexibility index (Phi) is 5.74. The highest BCUT2D eigenvalue weighted by Crippen LogP contribution is 2.22. The third-order valence-electron chi connectivity index (χ3n) is 3.13. The first-order chi connectivity index (χ1) is 10.5. The predicted octanol–water partition coefficient (Wildman–Crippen LogP) is 3.85. The Morgan fingerprint density at radius 3 is 2.68 bits per heavy atom. The molecule has 2 rings (SSSR count). The normalized spacial score (nSPS) is 11.8. The van der Waals surface area contributed by atoms with Crippen LogP contribution >= 0.6 is 27.3 Å². The summed E-state index contributed by atoms with van der Waals surface area (Å²) in [5.41, 5.74) is 1.83. The Hall–Kier alpha value is -1.66. The second-order valence-corrected chi connectivity index (χ2v) is 6.59. The first-order valence-corrected chi connectivity index (χ1v) is 8.41. The van der Waals surface area contributed by atoms with Crippen LogP contribution in [0.25, 0.3) is 0 Å². The Balaban J connectivity index is 1.87. The fraction of sp³-hybridized carbons (Fsp3) is 0.250. The summed E-state index contributed by atoms with van der Waals surface area (Å²) >= 11 is 4.76. The van der Waals surface area contributed by atoms with Gasteiger partial charge in [-0.05, 0) is 42.5 Å². The molecule has 1 aromatic heterocycles. The van der Waals surface area contributed by atoms with E-state index in [1.165, 1.54) is 11.3 Å². The van der Waals surface area contributed by atoms with Gasteiger partial charge in [0.1, 0.15) is 4.88 Å².